The average molecular weight is 386 g/mol. The summed E-state index contributed by atoms with van der Waals surface area (Å²) in [6.45, 7) is 12.2. The van der Waals surface area contributed by atoms with Gasteiger partial charge in [-0.3, -0.25) is 9.89 Å². The number of H-pyrrole nitrogens is 1. The van der Waals surface area contributed by atoms with Crippen LogP contribution in [0.2, 0.25) is 0 Å². The Labute approximate surface area is 168 Å². The maximum Gasteiger partial charge on any atom is 0.191 e. The predicted molar refractivity (Wildman–Crippen MR) is 117 cm³/mol. The third-order valence-electron chi connectivity index (χ3n) is 5.67. The molecule has 0 aliphatic carbocycles. The van der Waals surface area contributed by atoms with E-state index in [1.165, 1.54) is 22.0 Å². The molecule has 1 aliphatic heterocycles. The summed E-state index contributed by atoms with van der Waals surface area (Å²) in [5, 5.41) is 8.34. The third kappa shape index (κ3) is 5.06. The molecule has 1 unspecified atom stereocenters. The summed E-state index contributed by atoms with van der Waals surface area (Å²) in [6, 6.07) is 6.89. The van der Waals surface area contributed by atoms with E-state index in [-0.39, 0.29) is 0 Å². The molecular formula is C22H35N5O. The number of ether oxygens (including phenoxy) is 1. The fourth-order valence-electron chi connectivity index (χ4n) is 4.08. The van der Waals surface area contributed by atoms with E-state index in [2.05, 4.69) is 70.7 Å². The number of benzene rings is 1. The van der Waals surface area contributed by atoms with Crippen LogP contribution in [-0.4, -0.2) is 68.3 Å². The maximum atomic E-state index is 5.50. The summed E-state index contributed by atoms with van der Waals surface area (Å²) in [4.78, 5) is 10.3. The Morgan fingerprint density at radius 3 is 2.75 bits per heavy atom. The number of nitrogens with one attached hydrogen (secondary N) is 3. The number of morpholine rings is 1. The van der Waals surface area contributed by atoms with Crippen molar-refractivity contribution in [1.29, 1.82) is 0 Å². The summed E-state index contributed by atoms with van der Waals surface area (Å²) < 4.78 is 5.50. The Kier molecular flexibility index (Phi) is 7.34. The molecule has 1 saturated heterocycles. The van der Waals surface area contributed by atoms with Crippen LogP contribution in [-0.2, 0) is 11.2 Å². The van der Waals surface area contributed by atoms with Crippen LogP contribution in [0, 0.1) is 12.8 Å². The van der Waals surface area contributed by atoms with Crippen LogP contribution < -0.4 is 10.6 Å². The minimum absolute atomic E-state index is 0.485. The van der Waals surface area contributed by atoms with Crippen molar-refractivity contribution >= 4 is 16.9 Å². The maximum absolute atomic E-state index is 5.50. The predicted octanol–water partition coefficient (Wildman–Crippen LogP) is 2.54. The van der Waals surface area contributed by atoms with Crippen molar-refractivity contribution < 1.29 is 4.74 Å². The molecule has 2 aromatic rings. The van der Waals surface area contributed by atoms with Crippen LogP contribution in [0.3, 0.4) is 0 Å². The van der Waals surface area contributed by atoms with Gasteiger partial charge in [0, 0.05) is 56.4 Å². The normalized spacial score (nSPS) is 17.2. The topological polar surface area (TPSA) is 64.7 Å². The first-order valence-electron chi connectivity index (χ1n) is 10.4. The van der Waals surface area contributed by atoms with Gasteiger partial charge in [-0.2, -0.15) is 0 Å². The van der Waals surface area contributed by atoms with Gasteiger partial charge in [0.05, 0.1) is 13.2 Å². The number of aliphatic imine (C=N–C) groups is 1. The lowest BCUT2D eigenvalue weighted by molar-refractivity contribution is 0.00752. The number of aromatic amines is 1. The van der Waals surface area contributed by atoms with E-state index in [4.69, 9.17) is 4.74 Å². The second kappa shape index (κ2) is 9.94. The first kappa shape index (κ1) is 20.7. The van der Waals surface area contributed by atoms with Gasteiger partial charge in [0.2, 0.25) is 0 Å². The molecule has 0 saturated carbocycles. The standard InChI is InChI=1S/C22H35N5O/c1-16(2)20(27-10-12-28-13-11-27)15-26-22(23-4)24-9-8-18-14-25-19-7-5-6-17(3)21(18)19/h5-7,14,16,20,25H,8-13,15H2,1-4H3,(H2,23,24,26). The summed E-state index contributed by atoms with van der Waals surface area (Å²) in [5.41, 5.74) is 3.88. The van der Waals surface area contributed by atoms with Crippen molar-refractivity contribution in [2.75, 3.05) is 46.4 Å². The number of hydrogen-bond donors (Lipinski definition) is 3. The van der Waals surface area contributed by atoms with E-state index in [0.717, 1.165) is 51.8 Å². The van der Waals surface area contributed by atoms with Gasteiger partial charge in [-0.05, 0) is 36.5 Å². The van der Waals surface area contributed by atoms with Gasteiger partial charge in [-0.1, -0.05) is 26.0 Å². The van der Waals surface area contributed by atoms with Gasteiger partial charge in [0.25, 0.3) is 0 Å². The molecule has 1 atom stereocenters. The number of hydrogen-bond acceptors (Lipinski definition) is 3. The minimum Gasteiger partial charge on any atom is -0.379 e. The van der Waals surface area contributed by atoms with E-state index in [0.29, 0.717) is 12.0 Å². The molecule has 3 rings (SSSR count). The van der Waals surface area contributed by atoms with Gasteiger partial charge < -0.3 is 20.4 Å². The molecule has 1 aliphatic rings. The molecule has 28 heavy (non-hydrogen) atoms. The molecule has 1 aromatic heterocycles. The van der Waals surface area contributed by atoms with Crippen molar-refractivity contribution in [3.8, 4) is 0 Å². The zero-order chi connectivity index (χ0) is 19.9. The largest absolute Gasteiger partial charge is 0.379 e. The number of aryl methyl sites for hydroxylation is 1. The third-order valence-corrected chi connectivity index (χ3v) is 5.67. The zero-order valence-electron chi connectivity index (χ0n) is 17.7. The van der Waals surface area contributed by atoms with Gasteiger partial charge in [-0.15, -0.1) is 0 Å². The van der Waals surface area contributed by atoms with Gasteiger partial charge >= 0.3 is 0 Å². The summed E-state index contributed by atoms with van der Waals surface area (Å²) in [7, 11) is 1.84. The summed E-state index contributed by atoms with van der Waals surface area (Å²) in [6.07, 6.45) is 3.09. The lowest BCUT2D eigenvalue weighted by Gasteiger charge is -2.37. The van der Waals surface area contributed by atoms with Gasteiger partial charge in [-0.25, -0.2) is 0 Å². The molecule has 0 amide bonds. The molecule has 6 heteroatoms. The highest BCUT2D eigenvalue weighted by Crippen LogP contribution is 2.22. The Bertz CT molecular complexity index is 776. The molecule has 1 fully saturated rings. The average Bonchev–Trinajstić information content (AvgIpc) is 3.12. The second-order valence-electron chi connectivity index (χ2n) is 7.90. The van der Waals surface area contributed by atoms with Crippen LogP contribution in [0.15, 0.2) is 29.4 Å². The molecule has 3 N–H and O–H groups in total. The molecule has 0 spiro atoms. The molecule has 154 valence electrons. The van der Waals surface area contributed by atoms with E-state index >= 15 is 0 Å². The lowest BCUT2D eigenvalue weighted by atomic mass is 10.0. The number of guanidine groups is 1. The highest BCUT2D eigenvalue weighted by atomic mass is 16.5. The molecule has 0 bridgehead atoms. The summed E-state index contributed by atoms with van der Waals surface area (Å²) >= 11 is 0. The Morgan fingerprint density at radius 1 is 1.25 bits per heavy atom. The van der Waals surface area contributed by atoms with Gasteiger partial charge in [0.15, 0.2) is 5.96 Å². The highest BCUT2D eigenvalue weighted by Gasteiger charge is 2.23. The molecule has 6 nitrogen and oxygen atoms in total. The Hall–Kier alpha value is -2.05. The van der Waals surface area contributed by atoms with Crippen LogP contribution in [0.5, 0.6) is 0 Å². The number of rotatable bonds is 7. The Balaban J connectivity index is 1.51. The number of nitrogens with zero attached hydrogens (tertiary/aromatic N) is 2. The van der Waals surface area contributed by atoms with Gasteiger partial charge in [0.1, 0.15) is 0 Å². The quantitative estimate of drug-likeness (QED) is 0.506. The van der Waals surface area contributed by atoms with Crippen molar-refractivity contribution in [2.45, 2.75) is 33.2 Å². The van der Waals surface area contributed by atoms with E-state index in [1.807, 2.05) is 7.05 Å². The minimum atomic E-state index is 0.485. The fraction of sp³-hybridized carbons (Fsp3) is 0.591. The fourth-order valence-corrected chi connectivity index (χ4v) is 4.08. The molecule has 2 heterocycles. The van der Waals surface area contributed by atoms with Crippen molar-refractivity contribution in [3.05, 3.63) is 35.5 Å². The highest BCUT2D eigenvalue weighted by molar-refractivity contribution is 5.86. The van der Waals surface area contributed by atoms with Crippen molar-refractivity contribution in [1.82, 2.24) is 20.5 Å². The van der Waals surface area contributed by atoms with E-state index in [9.17, 15) is 0 Å². The molecule has 1 aromatic carbocycles. The first-order valence-corrected chi connectivity index (χ1v) is 10.4. The Morgan fingerprint density at radius 2 is 2.04 bits per heavy atom. The van der Waals surface area contributed by atoms with Crippen LogP contribution in [0.25, 0.3) is 10.9 Å². The SMILES string of the molecule is CN=C(NCCc1c[nH]c2cccc(C)c12)NCC(C(C)C)N1CCOCC1. The van der Waals surface area contributed by atoms with Crippen LogP contribution >= 0.6 is 0 Å². The lowest BCUT2D eigenvalue weighted by Crippen LogP contribution is -2.52. The monoisotopic (exact) mass is 385 g/mol. The summed E-state index contributed by atoms with van der Waals surface area (Å²) in [5.74, 6) is 1.45. The number of fused-ring (bicyclic) bond motifs is 1. The molecular weight excluding hydrogens is 350 g/mol. The van der Waals surface area contributed by atoms with Crippen molar-refractivity contribution in [3.63, 3.8) is 0 Å². The van der Waals surface area contributed by atoms with E-state index < -0.39 is 0 Å². The van der Waals surface area contributed by atoms with E-state index in [1.54, 1.807) is 0 Å². The van der Waals surface area contributed by atoms with Crippen LogP contribution in [0.4, 0.5) is 0 Å². The smallest absolute Gasteiger partial charge is 0.191 e. The zero-order valence-corrected chi connectivity index (χ0v) is 17.7. The van der Waals surface area contributed by atoms with Crippen molar-refractivity contribution in [2.24, 2.45) is 10.9 Å². The second-order valence-corrected chi connectivity index (χ2v) is 7.90. The van der Waals surface area contributed by atoms with Crippen LogP contribution in [0.1, 0.15) is 25.0 Å². The molecule has 0 radical (unpaired) electrons. The number of aromatic nitrogens is 1. The first-order chi connectivity index (χ1) is 13.6.